The lowest BCUT2D eigenvalue weighted by Crippen LogP contribution is -2.24. The molecular weight excluding hydrogens is 254 g/mol. The Hall–Kier alpha value is -0.850. The van der Waals surface area contributed by atoms with Crippen molar-refractivity contribution < 1.29 is 0 Å². The van der Waals surface area contributed by atoms with E-state index >= 15 is 0 Å². The number of nitrogens with zero attached hydrogens (tertiary/aromatic N) is 1. The third kappa shape index (κ3) is 6.63. The van der Waals surface area contributed by atoms with Gasteiger partial charge in [0.15, 0.2) is 0 Å². The predicted molar refractivity (Wildman–Crippen MR) is 93.8 cm³/mol. The Bertz CT molecular complexity index is 371. The fraction of sp³-hybridized carbons (Fsp3) is 0.750. The lowest BCUT2D eigenvalue weighted by Gasteiger charge is -2.30. The predicted octanol–water partition coefficient (Wildman–Crippen LogP) is 6.59. The first-order chi connectivity index (χ1) is 10.1. The van der Waals surface area contributed by atoms with Crippen molar-refractivity contribution in [3.05, 3.63) is 29.6 Å². The summed E-state index contributed by atoms with van der Waals surface area (Å²) in [5.74, 6) is 0. The Morgan fingerprint density at radius 2 is 1.43 bits per heavy atom. The fourth-order valence-corrected chi connectivity index (χ4v) is 3.14. The highest BCUT2D eigenvalue weighted by Crippen LogP contribution is 2.34. The molecule has 0 unspecified atom stereocenters. The van der Waals surface area contributed by atoms with E-state index in [0.29, 0.717) is 0 Å². The number of hydrogen-bond donors (Lipinski definition) is 0. The summed E-state index contributed by atoms with van der Waals surface area (Å²) in [7, 11) is 0. The summed E-state index contributed by atoms with van der Waals surface area (Å²) < 4.78 is 0. The second kappa shape index (κ2) is 9.97. The Balaban J connectivity index is 2.67. The first kappa shape index (κ1) is 18.2. The average Bonchev–Trinajstić information content (AvgIpc) is 2.48. The molecule has 0 radical (unpaired) electrons. The van der Waals surface area contributed by atoms with Crippen LogP contribution in [0.3, 0.4) is 0 Å². The maximum Gasteiger partial charge on any atom is 0.0465 e. The monoisotopic (exact) mass is 289 g/mol. The van der Waals surface area contributed by atoms with Crippen LogP contribution in [0.4, 0.5) is 0 Å². The number of unbranched alkanes of at least 4 members (excludes halogenated alkanes) is 6. The molecule has 1 aromatic rings. The van der Waals surface area contributed by atoms with Crippen LogP contribution in [-0.4, -0.2) is 4.98 Å². The number of hydrogen-bond acceptors (Lipinski definition) is 1. The average molecular weight is 290 g/mol. The van der Waals surface area contributed by atoms with Crippen LogP contribution in [0.5, 0.6) is 0 Å². The van der Waals surface area contributed by atoms with E-state index in [2.05, 4.69) is 45.9 Å². The minimum atomic E-state index is 0.271. The Labute approximate surface area is 132 Å². The van der Waals surface area contributed by atoms with Gasteiger partial charge < -0.3 is 0 Å². The SMILES string of the molecule is CCCCCCC(C)(CCCCCC)c1cccc(C)n1. The van der Waals surface area contributed by atoms with Crippen molar-refractivity contribution in [3.63, 3.8) is 0 Å². The van der Waals surface area contributed by atoms with E-state index in [9.17, 15) is 0 Å². The van der Waals surface area contributed by atoms with Crippen molar-refractivity contribution in [2.24, 2.45) is 0 Å². The summed E-state index contributed by atoms with van der Waals surface area (Å²) in [6.07, 6.45) is 13.4. The van der Waals surface area contributed by atoms with Crippen LogP contribution < -0.4 is 0 Å². The summed E-state index contributed by atoms with van der Waals surface area (Å²) in [4.78, 5) is 4.84. The van der Waals surface area contributed by atoms with Gasteiger partial charge in [-0.3, -0.25) is 4.98 Å². The maximum atomic E-state index is 4.84. The van der Waals surface area contributed by atoms with Crippen molar-refractivity contribution in [1.82, 2.24) is 4.98 Å². The minimum absolute atomic E-state index is 0.271. The first-order valence-electron chi connectivity index (χ1n) is 9.06. The van der Waals surface area contributed by atoms with Gasteiger partial charge in [0.05, 0.1) is 0 Å². The summed E-state index contributed by atoms with van der Waals surface area (Å²) in [5.41, 5.74) is 2.74. The molecule has 0 aliphatic rings. The van der Waals surface area contributed by atoms with Crippen LogP contribution in [-0.2, 0) is 5.41 Å². The van der Waals surface area contributed by atoms with E-state index in [1.165, 1.54) is 69.9 Å². The highest BCUT2D eigenvalue weighted by atomic mass is 14.7. The third-order valence-electron chi connectivity index (χ3n) is 4.67. The summed E-state index contributed by atoms with van der Waals surface area (Å²) in [6, 6.07) is 6.53. The maximum absolute atomic E-state index is 4.84. The lowest BCUT2D eigenvalue weighted by atomic mass is 9.76. The van der Waals surface area contributed by atoms with Crippen molar-refractivity contribution in [3.8, 4) is 0 Å². The van der Waals surface area contributed by atoms with Gasteiger partial charge >= 0.3 is 0 Å². The van der Waals surface area contributed by atoms with Gasteiger partial charge in [0, 0.05) is 16.8 Å². The van der Waals surface area contributed by atoms with E-state index < -0.39 is 0 Å². The lowest BCUT2D eigenvalue weighted by molar-refractivity contribution is 0.355. The zero-order chi connectivity index (χ0) is 15.6. The molecule has 0 N–H and O–H groups in total. The number of rotatable bonds is 11. The molecule has 1 heterocycles. The molecule has 0 aromatic carbocycles. The highest BCUT2D eigenvalue weighted by Gasteiger charge is 2.27. The number of pyridine rings is 1. The van der Waals surface area contributed by atoms with Gasteiger partial charge in [-0.05, 0) is 31.9 Å². The molecule has 0 saturated carbocycles. The Kier molecular flexibility index (Phi) is 8.64. The normalized spacial score (nSPS) is 11.8. The van der Waals surface area contributed by atoms with Crippen LogP contribution >= 0.6 is 0 Å². The van der Waals surface area contributed by atoms with E-state index in [0.717, 1.165) is 5.69 Å². The molecule has 1 nitrogen and oxygen atoms in total. The van der Waals surface area contributed by atoms with Crippen molar-refractivity contribution in [1.29, 1.82) is 0 Å². The van der Waals surface area contributed by atoms with E-state index in [1.807, 2.05) is 0 Å². The first-order valence-corrected chi connectivity index (χ1v) is 9.06. The van der Waals surface area contributed by atoms with Crippen molar-refractivity contribution in [2.75, 3.05) is 0 Å². The van der Waals surface area contributed by atoms with Gasteiger partial charge in [-0.1, -0.05) is 78.2 Å². The standard InChI is InChI=1S/C20H35N/c1-5-7-9-11-16-20(4,17-12-10-8-6-2)19-15-13-14-18(3)21-19/h13-15H,5-12,16-17H2,1-4H3. The van der Waals surface area contributed by atoms with Gasteiger partial charge in [0.25, 0.3) is 0 Å². The minimum Gasteiger partial charge on any atom is -0.258 e. The molecular formula is C20H35N. The van der Waals surface area contributed by atoms with E-state index in [4.69, 9.17) is 4.98 Å². The van der Waals surface area contributed by atoms with E-state index in [-0.39, 0.29) is 5.41 Å². The molecule has 0 bridgehead atoms. The topological polar surface area (TPSA) is 12.9 Å². The second-order valence-corrected chi connectivity index (χ2v) is 6.85. The number of aromatic nitrogens is 1. The molecule has 0 amide bonds. The second-order valence-electron chi connectivity index (χ2n) is 6.85. The van der Waals surface area contributed by atoms with Gasteiger partial charge in [-0.25, -0.2) is 0 Å². The molecule has 1 rings (SSSR count). The van der Waals surface area contributed by atoms with Crippen molar-refractivity contribution in [2.45, 2.75) is 97.3 Å². The molecule has 0 aliphatic heterocycles. The Morgan fingerprint density at radius 1 is 0.857 bits per heavy atom. The molecule has 0 atom stereocenters. The summed E-state index contributed by atoms with van der Waals surface area (Å²) in [6.45, 7) is 9.11. The van der Waals surface area contributed by atoms with Crippen LogP contribution in [0.1, 0.15) is 96.4 Å². The zero-order valence-electron chi connectivity index (χ0n) is 14.8. The van der Waals surface area contributed by atoms with Crippen LogP contribution in [0.2, 0.25) is 0 Å². The third-order valence-corrected chi connectivity index (χ3v) is 4.67. The molecule has 0 aliphatic carbocycles. The van der Waals surface area contributed by atoms with Crippen LogP contribution in [0.25, 0.3) is 0 Å². The quantitative estimate of drug-likeness (QED) is 0.419. The molecule has 120 valence electrons. The van der Waals surface area contributed by atoms with Crippen LogP contribution in [0, 0.1) is 6.92 Å². The molecule has 0 spiro atoms. The molecule has 0 fully saturated rings. The summed E-state index contributed by atoms with van der Waals surface area (Å²) >= 11 is 0. The molecule has 1 aromatic heterocycles. The van der Waals surface area contributed by atoms with Gasteiger partial charge in [0.2, 0.25) is 0 Å². The molecule has 0 saturated heterocycles. The fourth-order valence-electron chi connectivity index (χ4n) is 3.14. The highest BCUT2D eigenvalue weighted by molar-refractivity contribution is 5.18. The largest absolute Gasteiger partial charge is 0.258 e. The van der Waals surface area contributed by atoms with Gasteiger partial charge in [0.1, 0.15) is 0 Å². The van der Waals surface area contributed by atoms with Gasteiger partial charge in [-0.2, -0.15) is 0 Å². The Morgan fingerprint density at radius 3 is 1.90 bits per heavy atom. The van der Waals surface area contributed by atoms with Crippen LogP contribution in [0.15, 0.2) is 18.2 Å². The molecule has 1 heteroatoms. The summed E-state index contributed by atoms with van der Waals surface area (Å²) in [5, 5.41) is 0. The van der Waals surface area contributed by atoms with Crippen molar-refractivity contribution >= 4 is 0 Å². The zero-order valence-corrected chi connectivity index (χ0v) is 14.8. The smallest absolute Gasteiger partial charge is 0.0465 e. The van der Waals surface area contributed by atoms with E-state index in [1.54, 1.807) is 0 Å². The number of aryl methyl sites for hydroxylation is 1. The molecule has 21 heavy (non-hydrogen) atoms. The van der Waals surface area contributed by atoms with Gasteiger partial charge in [-0.15, -0.1) is 0 Å².